The van der Waals surface area contributed by atoms with E-state index >= 15 is 0 Å². The monoisotopic (exact) mass is 300 g/mol. The van der Waals surface area contributed by atoms with Crippen LogP contribution in [0.1, 0.15) is 28.8 Å². The summed E-state index contributed by atoms with van der Waals surface area (Å²) in [7, 11) is 1.61. The lowest BCUT2D eigenvalue weighted by Gasteiger charge is -2.16. The highest BCUT2D eigenvalue weighted by molar-refractivity contribution is 5.93. The van der Waals surface area contributed by atoms with E-state index in [1.165, 1.54) is 22.8 Å². The van der Waals surface area contributed by atoms with Gasteiger partial charge >= 0.3 is 0 Å². The minimum atomic E-state index is -0.366. The van der Waals surface area contributed by atoms with E-state index in [9.17, 15) is 14.0 Å². The molecule has 0 bridgehead atoms. The molecule has 1 aliphatic carbocycles. The zero-order valence-corrected chi connectivity index (χ0v) is 12.3. The average molecular weight is 300 g/mol. The van der Waals surface area contributed by atoms with Crippen molar-refractivity contribution in [2.45, 2.75) is 18.3 Å². The van der Waals surface area contributed by atoms with Gasteiger partial charge in [-0.05, 0) is 42.7 Å². The van der Waals surface area contributed by atoms with Gasteiger partial charge in [0, 0.05) is 25.2 Å². The Hall–Kier alpha value is -2.43. The Morgan fingerprint density at radius 3 is 2.59 bits per heavy atom. The summed E-state index contributed by atoms with van der Waals surface area (Å²) in [5.74, 6) is -0.633. The van der Waals surface area contributed by atoms with Crippen LogP contribution in [0.15, 0.2) is 47.4 Å². The number of carbonyl (C=O) groups excluding carboxylic acids is 1. The number of pyridine rings is 1. The zero-order valence-electron chi connectivity index (χ0n) is 12.3. The number of rotatable bonds is 4. The van der Waals surface area contributed by atoms with Gasteiger partial charge in [-0.2, -0.15) is 0 Å². The molecule has 1 amide bonds. The number of carbonyl (C=O) groups is 1. The number of hydrogen-bond acceptors (Lipinski definition) is 2. The summed E-state index contributed by atoms with van der Waals surface area (Å²) in [5, 5.41) is 2.84. The van der Waals surface area contributed by atoms with E-state index < -0.39 is 0 Å². The molecule has 3 rings (SSSR count). The fourth-order valence-electron chi connectivity index (χ4n) is 2.64. The molecular weight excluding hydrogens is 283 g/mol. The SMILES string of the molecule is Cn1cccc(C(=O)NCC2(c3ccc(F)cc3)CC2)c1=O. The number of benzene rings is 1. The van der Waals surface area contributed by atoms with Crippen LogP contribution in [0.3, 0.4) is 0 Å². The molecule has 1 aliphatic rings. The Kier molecular flexibility index (Phi) is 3.56. The fraction of sp³-hybridized carbons (Fsp3) is 0.294. The van der Waals surface area contributed by atoms with Crippen molar-refractivity contribution >= 4 is 5.91 Å². The van der Waals surface area contributed by atoms with Crippen molar-refractivity contribution in [3.05, 3.63) is 69.9 Å². The standard InChI is InChI=1S/C17H17FN2O2/c1-20-10-2-3-14(16(20)22)15(21)19-11-17(8-9-17)12-4-6-13(18)7-5-12/h2-7,10H,8-9,11H2,1H3,(H,19,21). The van der Waals surface area contributed by atoms with Crippen molar-refractivity contribution in [3.8, 4) is 0 Å². The molecule has 0 atom stereocenters. The number of aryl methyl sites for hydroxylation is 1. The van der Waals surface area contributed by atoms with Gasteiger partial charge in [-0.1, -0.05) is 12.1 Å². The largest absolute Gasteiger partial charge is 0.351 e. The maximum absolute atomic E-state index is 13.0. The van der Waals surface area contributed by atoms with Crippen molar-refractivity contribution in [1.82, 2.24) is 9.88 Å². The highest BCUT2D eigenvalue weighted by atomic mass is 19.1. The van der Waals surface area contributed by atoms with Gasteiger partial charge in [0.1, 0.15) is 11.4 Å². The first-order valence-corrected chi connectivity index (χ1v) is 7.22. The van der Waals surface area contributed by atoms with Crippen LogP contribution in [-0.2, 0) is 12.5 Å². The lowest BCUT2D eigenvalue weighted by atomic mass is 9.96. The quantitative estimate of drug-likeness (QED) is 0.939. The van der Waals surface area contributed by atoms with E-state index in [0.29, 0.717) is 6.54 Å². The molecule has 0 spiro atoms. The van der Waals surface area contributed by atoms with E-state index in [-0.39, 0.29) is 28.3 Å². The van der Waals surface area contributed by atoms with Gasteiger partial charge in [0.05, 0.1) is 0 Å². The molecule has 1 saturated carbocycles. The molecule has 22 heavy (non-hydrogen) atoms. The Bertz CT molecular complexity index is 761. The molecule has 0 radical (unpaired) electrons. The number of amides is 1. The third-order valence-electron chi connectivity index (χ3n) is 4.27. The van der Waals surface area contributed by atoms with E-state index in [0.717, 1.165) is 18.4 Å². The first-order valence-electron chi connectivity index (χ1n) is 7.22. The molecule has 2 aromatic rings. The predicted molar refractivity (Wildman–Crippen MR) is 81.3 cm³/mol. The van der Waals surface area contributed by atoms with Crippen LogP contribution in [0.5, 0.6) is 0 Å². The molecule has 114 valence electrons. The van der Waals surface area contributed by atoms with Crippen LogP contribution >= 0.6 is 0 Å². The topological polar surface area (TPSA) is 51.1 Å². The number of nitrogens with zero attached hydrogens (tertiary/aromatic N) is 1. The molecule has 0 aliphatic heterocycles. The lowest BCUT2D eigenvalue weighted by molar-refractivity contribution is 0.0947. The van der Waals surface area contributed by atoms with Crippen molar-refractivity contribution in [3.63, 3.8) is 0 Å². The van der Waals surface area contributed by atoms with Gasteiger partial charge in [-0.3, -0.25) is 9.59 Å². The Morgan fingerprint density at radius 1 is 1.27 bits per heavy atom. The van der Waals surface area contributed by atoms with Gasteiger partial charge in [-0.25, -0.2) is 4.39 Å². The maximum Gasteiger partial charge on any atom is 0.263 e. The molecule has 0 unspecified atom stereocenters. The molecule has 1 aromatic heterocycles. The number of nitrogens with one attached hydrogen (secondary N) is 1. The third-order valence-corrected chi connectivity index (χ3v) is 4.27. The summed E-state index contributed by atoms with van der Waals surface area (Å²) in [5.41, 5.74) is 0.727. The second-order valence-corrected chi connectivity index (χ2v) is 5.81. The minimum absolute atomic E-state index is 0.122. The van der Waals surface area contributed by atoms with E-state index in [2.05, 4.69) is 5.32 Å². The first kappa shape index (κ1) is 14.5. The van der Waals surface area contributed by atoms with Crippen LogP contribution in [0.25, 0.3) is 0 Å². The molecule has 4 nitrogen and oxygen atoms in total. The van der Waals surface area contributed by atoms with Crippen LogP contribution in [0, 0.1) is 5.82 Å². The predicted octanol–water partition coefficient (Wildman–Crippen LogP) is 1.99. The van der Waals surface area contributed by atoms with Crippen molar-refractivity contribution in [2.75, 3.05) is 6.54 Å². The summed E-state index contributed by atoms with van der Waals surface area (Å²) in [4.78, 5) is 24.1. The Morgan fingerprint density at radius 2 is 1.95 bits per heavy atom. The normalized spacial score (nSPS) is 15.4. The second kappa shape index (κ2) is 5.40. The van der Waals surface area contributed by atoms with Crippen molar-refractivity contribution < 1.29 is 9.18 Å². The average Bonchev–Trinajstić information content (AvgIpc) is 3.29. The summed E-state index contributed by atoms with van der Waals surface area (Å²) in [6.07, 6.45) is 3.51. The van der Waals surface area contributed by atoms with E-state index in [4.69, 9.17) is 0 Å². The smallest absolute Gasteiger partial charge is 0.263 e. The van der Waals surface area contributed by atoms with Crippen LogP contribution in [-0.4, -0.2) is 17.0 Å². The van der Waals surface area contributed by atoms with Gasteiger partial charge in [0.2, 0.25) is 0 Å². The fourth-order valence-corrected chi connectivity index (χ4v) is 2.64. The number of hydrogen-bond donors (Lipinski definition) is 1. The van der Waals surface area contributed by atoms with Crippen LogP contribution < -0.4 is 10.9 Å². The highest BCUT2D eigenvalue weighted by Gasteiger charge is 2.44. The van der Waals surface area contributed by atoms with Gasteiger partial charge in [-0.15, -0.1) is 0 Å². The van der Waals surface area contributed by atoms with Crippen LogP contribution in [0.4, 0.5) is 4.39 Å². The summed E-state index contributed by atoms with van der Waals surface area (Å²) >= 11 is 0. The summed E-state index contributed by atoms with van der Waals surface area (Å²) < 4.78 is 14.4. The molecule has 5 heteroatoms. The Balaban J connectivity index is 1.72. The van der Waals surface area contributed by atoms with Gasteiger partial charge in [0.15, 0.2) is 0 Å². The lowest BCUT2D eigenvalue weighted by Crippen LogP contribution is -2.36. The number of aromatic nitrogens is 1. The van der Waals surface area contributed by atoms with E-state index in [1.54, 1.807) is 31.4 Å². The van der Waals surface area contributed by atoms with Crippen molar-refractivity contribution in [2.24, 2.45) is 7.05 Å². The molecule has 0 saturated heterocycles. The van der Waals surface area contributed by atoms with Gasteiger partial charge in [0.25, 0.3) is 11.5 Å². The molecule has 1 fully saturated rings. The van der Waals surface area contributed by atoms with E-state index in [1.807, 2.05) is 0 Å². The zero-order chi connectivity index (χ0) is 15.7. The summed E-state index contributed by atoms with van der Waals surface area (Å²) in [6, 6.07) is 9.58. The number of halogens is 1. The van der Waals surface area contributed by atoms with Crippen LogP contribution in [0.2, 0.25) is 0 Å². The minimum Gasteiger partial charge on any atom is -0.351 e. The molecule has 1 aromatic carbocycles. The molecule has 1 N–H and O–H groups in total. The van der Waals surface area contributed by atoms with Gasteiger partial charge < -0.3 is 9.88 Å². The highest BCUT2D eigenvalue weighted by Crippen LogP contribution is 2.47. The maximum atomic E-state index is 13.0. The molecular formula is C17H17FN2O2. The summed E-state index contributed by atoms with van der Waals surface area (Å²) in [6.45, 7) is 0.454. The van der Waals surface area contributed by atoms with Crippen molar-refractivity contribution in [1.29, 1.82) is 0 Å². The Labute approximate surface area is 127 Å². The first-order chi connectivity index (χ1) is 10.5. The molecule has 1 heterocycles. The third kappa shape index (κ3) is 2.66. The second-order valence-electron chi connectivity index (χ2n) is 5.81.